The number of aromatic nitrogens is 4. The molecule has 2 rings (SSSR count). The van der Waals surface area contributed by atoms with Gasteiger partial charge in [0, 0.05) is 11.5 Å². The topological polar surface area (TPSA) is 43.1 Å². The van der Waals surface area contributed by atoms with Gasteiger partial charge in [0.2, 0.25) is 0 Å². The highest BCUT2D eigenvalue weighted by Crippen LogP contribution is 2.28. The van der Waals surface area contributed by atoms with Crippen LogP contribution in [0.25, 0.3) is 5.65 Å². The zero-order valence-electron chi connectivity index (χ0n) is 9.58. The maximum Gasteiger partial charge on any atom is 0.433 e. The first-order valence-electron chi connectivity index (χ1n) is 4.98. The average Bonchev–Trinajstić information content (AvgIpc) is 2.57. The van der Waals surface area contributed by atoms with Gasteiger partial charge in [-0.25, -0.2) is 14.5 Å². The van der Waals surface area contributed by atoms with E-state index in [1.165, 1.54) is 4.52 Å². The lowest BCUT2D eigenvalue weighted by Gasteiger charge is -2.11. The summed E-state index contributed by atoms with van der Waals surface area (Å²) < 4.78 is 38.6. The van der Waals surface area contributed by atoms with Gasteiger partial charge in [0.05, 0.1) is 0 Å². The van der Waals surface area contributed by atoms with Crippen molar-refractivity contribution in [2.75, 3.05) is 0 Å². The molecule has 0 saturated carbocycles. The molecule has 0 radical (unpaired) electrons. The van der Waals surface area contributed by atoms with Gasteiger partial charge in [-0.3, -0.25) is 0 Å². The van der Waals surface area contributed by atoms with Crippen molar-refractivity contribution in [1.29, 1.82) is 0 Å². The number of nitrogens with zero attached hydrogens (tertiary/aromatic N) is 4. The fraction of sp³-hybridized carbons (Fsp3) is 0.500. The molecule has 0 atom stereocenters. The van der Waals surface area contributed by atoms with E-state index in [0.29, 0.717) is 5.82 Å². The van der Waals surface area contributed by atoms with Crippen LogP contribution < -0.4 is 0 Å². The second kappa shape index (κ2) is 3.41. The molecule has 0 aliphatic rings. The molecule has 0 bridgehead atoms. The molecular weight excluding hydrogens is 233 g/mol. The molecule has 0 amide bonds. The van der Waals surface area contributed by atoms with Gasteiger partial charge in [-0.1, -0.05) is 20.8 Å². The summed E-state index contributed by atoms with van der Waals surface area (Å²) in [6.07, 6.45) is -3.43. The third-order valence-corrected chi connectivity index (χ3v) is 2.19. The number of rotatable bonds is 0. The third-order valence-electron chi connectivity index (χ3n) is 2.19. The zero-order chi connectivity index (χ0) is 12.8. The minimum atomic E-state index is -4.46. The molecule has 4 nitrogen and oxygen atoms in total. The van der Waals surface area contributed by atoms with Gasteiger partial charge >= 0.3 is 6.18 Å². The molecule has 0 aromatic carbocycles. The van der Waals surface area contributed by atoms with E-state index in [1.54, 1.807) is 0 Å². The predicted molar refractivity (Wildman–Crippen MR) is 54.5 cm³/mol. The molecule has 0 aliphatic heterocycles. The van der Waals surface area contributed by atoms with Gasteiger partial charge in [0.1, 0.15) is 12.0 Å². The van der Waals surface area contributed by atoms with E-state index >= 15 is 0 Å². The Balaban J connectivity index is 2.56. The van der Waals surface area contributed by atoms with Crippen molar-refractivity contribution in [3.63, 3.8) is 0 Å². The third kappa shape index (κ3) is 2.22. The van der Waals surface area contributed by atoms with E-state index in [-0.39, 0.29) is 11.1 Å². The van der Waals surface area contributed by atoms with Crippen molar-refractivity contribution in [2.45, 2.75) is 32.4 Å². The van der Waals surface area contributed by atoms with E-state index in [4.69, 9.17) is 0 Å². The molecule has 0 unspecified atom stereocenters. The lowest BCUT2D eigenvalue weighted by Crippen LogP contribution is -2.13. The number of fused-ring (bicyclic) bond motifs is 1. The minimum Gasteiger partial charge on any atom is -0.232 e. The van der Waals surface area contributed by atoms with Gasteiger partial charge in [0.15, 0.2) is 11.5 Å². The van der Waals surface area contributed by atoms with Crippen LogP contribution in [0.1, 0.15) is 32.3 Å². The second-order valence-corrected chi connectivity index (χ2v) is 4.76. The molecule has 7 heteroatoms. The van der Waals surface area contributed by atoms with Gasteiger partial charge in [-0.2, -0.15) is 13.2 Å². The van der Waals surface area contributed by atoms with E-state index in [2.05, 4.69) is 15.1 Å². The van der Waals surface area contributed by atoms with Gasteiger partial charge in [-0.05, 0) is 0 Å². The summed E-state index contributed by atoms with van der Waals surface area (Å²) in [4.78, 5) is 7.38. The Labute approximate surface area is 95.5 Å². The van der Waals surface area contributed by atoms with Crippen LogP contribution in [-0.2, 0) is 11.6 Å². The highest BCUT2D eigenvalue weighted by molar-refractivity contribution is 5.39. The van der Waals surface area contributed by atoms with Gasteiger partial charge < -0.3 is 0 Å². The lowest BCUT2D eigenvalue weighted by molar-refractivity contribution is -0.141. The molecule has 0 saturated heterocycles. The maximum absolute atomic E-state index is 12.4. The van der Waals surface area contributed by atoms with Crippen molar-refractivity contribution in [2.24, 2.45) is 0 Å². The van der Waals surface area contributed by atoms with Crippen LogP contribution in [0.3, 0.4) is 0 Å². The van der Waals surface area contributed by atoms with Crippen LogP contribution in [0.5, 0.6) is 0 Å². The van der Waals surface area contributed by atoms with Crippen LogP contribution in [0.15, 0.2) is 12.4 Å². The smallest absolute Gasteiger partial charge is 0.232 e. The molecule has 0 N–H and O–H groups in total. The number of halogens is 3. The molecular formula is C10H11F3N4. The Kier molecular flexibility index (Phi) is 2.37. The summed E-state index contributed by atoms with van der Waals surface area (Å²) in [5.74, 6) is 0.485. The van der Waals surface area contributed by atoms with E-state index in [0.717, 1.165) is 12.4 Å². The predicted octanol–water partition coefficient (Wildman–Crippen LogP) is 2.44. The van der Waals surface area contributed by atoms with Crippen LogP contribution in [0.4, 0.5) is 13.2 Å². The van der Waals surface area contributed by atoms with Crippen molar-refractivity contribution in [3.05, 3.63) is 23.9 Å². The first kappa shape index (κ1) is 11.8. The number of hydrogen-bond acceptors (Lipinski definition) is 3. The van der Waals surface area contributed by atoms with Crippen LogP contribution in [0, 0.1) is 0 Å². The molecule has 2 aromatic rings. The van der Waals surface area contributed by atoms with Crippen LogP contribution in [-0.4, -0.2) is 19.6 Å². The monoisotopic (exact) mass is 244 g/mol. The summed E-state index contributed by atoms with van der Waals surface area (Å²) in [6, 6.07) is 0.891. The fourth-order valence-corrected chi connectivity index (χ4v) is 1.27. The quantitative estimate of drug-likeness (QED) is 0.714. The van der Waals surface area contributed by atoms with E-state index in [9.17, 15) is 13.2 Å². The summed E-state index contributed by atoms with van der Waals surface area (Å²) in [5.41, 5.74) is -1.13. The van der Waals surface area contributed by atoms with Crippen molar-refractivity contribution >= 4 is 5.65 Å². The maximum atomic E-state index is 12.4. The summed E-state index contributed by atoms with van der Waals surface area (Å²) in [5, 5.41) is 4.08. The first-order chi connectivity index (χ1) is 7.68. The Morgan fingerprint density at radius 3 is 2.35 bits per heavy atom. The summed E-state index contributed by atoms with van der Waals surface area (Å²) in [6.45, 7) is 5.67. The highest BCUT2D eigenvalue weighted by Gasteiger charge is 2.33. The fourth-order valence-electron chi connectivity index (χ4n) is 1.27. The van der Waals surface area contributed by atoms with Crippen molar-refractivity contribution in [1.82, 2.24) is 19.6 Å². The van der Waals surface area contributed by atoms with Gasteiger partial charge in [0.25, 0.3) is 0 Å². The second-order valence-electron chi connectivity index (χ2n) is 4.76. The molecule has 0 spiro atoms. The summed E-state index contributed by atoms with van der Waals surface area (Å²) >= 11 is 0. The molecule has 92 valence electrons. The molecule has 2 heterocycles. The van der Waals surface area contributed by atoms with Crippen LogP contribution >= 0.6 is 0 Å². The standard InChI is InChI=1S/C10H11F3N4/c1-9(2,3)8-15-7-4-6(10(11,12)13)14-5-17(7)16-8/h4-5H,1-3H3. The Morgan fingerprint density at radius 1 is 1.18 bits per heavy atom. The molecule has 0 aliphatic carbocycles. The Bertz CT molecular complexity index is 539. The zero-order valence-corrected chi connectivity index (χ0v) is 9.58. The van der Waals surface area contributed by atoms with E-state index in [1.807, 2.05) is 20.8 Å². The summed E-state index contributed by atoms with van der Waals surface area (Å²) in [7, 11) is 0. The number of hydrogen-bond donors (Lipinski definition) is 0. The Hall–Kier alpha value is -1.66. The highest BCUT2D eigenvalue weighted by atomic mass is 19.4. The normalized spacial score (nSPS) is 13.3. The average molecular weight is 244 g/mol. The molecule has 17 heavy (non-hydrogen) atoms. The molecule has 0 fully saturated rings. The first-order valence-corrected chi connectivity index (χ1v) is 4.98. The van der Waals surface area contributed by atoms with Crippen molar-refractivity contribution in [3.8, 4) is 0 Å². The van der Waals surface area contributed by atoms with E-state index < -0.39 is 11.9 Å². The van der Waals surface area contributed by atoms with Crippen molar-refractivity contribution < 1.29 is 13.2 Å². The number of alkyl halides is 3. The van der Waals surface area contributed by atoms with Crippen LogP contribution in [0.2, 0.25) is 0 Å². The largest absolute Gasteiger partial charge is 0.433 e. The minimum absolute atomic E-state index is 0.150. The SMILES string of the molecule is CC(C)(C)c1nc2cc(C(F)(F)F)ncn2n1. The molecule has 2 aromatic heterocycles. The van der Waals surface area contributed by atoms with Gasteiger partial charge in [-0.15, -0.1) is 5.10 Å². The lowest BCUT2D eigenvalue weighted by atomic mass is 9.96. The Morgan fingerprint density at radius 2 is 1.82 bits per heavy atom.